The number of hydrogen-bond donors (Lipinski definition) is 1. The lowest BCUT2D eigenvalue weighted by Gasteiger charge is -2.44. The van der Waals surface area contributed by atoms with Crippen LogP contribution in [0.25, 0.3) is 0 Å². The van der Waals surface area contributed by atoms with E-state index in [2.05, 4.69) is 66.5 Å². The number of carbonyl (C=O) groups is 1. The maximum atomic E-state index is 13.9. The summed E-state index contributed by atoms with van der Waals surface area (Å²) in [5.41, 5.74) is 5.92. The molecule has 4 heteroatoms. The quantitative estimate of drug-likeness (QED) is 0.890. The van der Waals surface area contributed by atoms with E-state index in [9.17, 15) is 4.79 Å². The second-order valence-corrected chi connectivity index (χ2v) is 8.55. The van der Waals surface area contributed by atoms with E-state index in [4.69, 9.17) is 0 Å². The van der Waals surface area contributed by atoms with Crippen LogP contribution in [0.4, 0.5) is 0 Å². The summed E-state index contributed by atoms with van der Waals surface area (Å²) in [5.74, 6) is 0.254. The van der Waals surface area contributed by atoms with Gasteiger partial charge in [0.05, 0.1) is 0 Å². The second kappa shape index (κ2) is 7.69. The summed E-state index contributed by atoms with van der Waals surface area (Å²) < 4.78 is 0. The van der Waals surface area contributed by atoms with E-state index in [1.165, 1.54) is 27.8 Å². The number of fused-ring (bicyclic) bond motifs is 1. The monoisotopic (exact) mass is 377 g/mol. The first-order valence-corrected chi connectivity index (χ1v) is 10.3. The van der Waals surface area contributed by atoms with Crippen LogP contribution < -0.4 is 5.32 Å². The first-order chi connectivity index (χ1) is 13.5. The molecule has 1 saturated heterocycles. The molecule has 1 amide bonds. The minimum absolute atomic E-state index is 0.254. The van der Waals surface area contributed by atoms with Gasteiger partial charge in [0.25, 0.3) is 0 Å². The van der Waals surface area contributed by atoms with Crippen LogP contribution in [0.5, 0.6) is 0 Å². The number of amides is 1. The minimum Gasteiger partial charge on any atom is -0.340 e. The van der Waals surface area contributed by atoms with Gasteiger partial charge in [-0.2, -0.15) is 0 Å². The Kier molecular flexibility index (Phi) is 5.26. The zero-order valence-corrected chi connectivity index (χ0v) is 17.3. The number of aryl methyl sites for hydroxylation is 2. The summed E-state index contributed by atoms with van der Waals surface area (Å²) in [6.07, 6.45) is 1.64. The van der Waals surface area contributed by atoms with Crippen molar-refractivity contribution in [3.63, 3.8) is 0 Å². The van der Waals surface area contributed by atoms with Gasteiger partial charge in [-0.05, 0) is 30.5 Å². The molecule has 0 bridgehead atoms. The molecule has 1 aliphatic heterocycles. The smallest absolute Gasteiger partial charge is 0.243 e. The third kappa shape index (κ3) is 3.59. The Morgan fingerprint density at radius 3 is 2.18 bits per heavy atom. The standard InChI is InChI=1S/C24H31N3O/c1-18-12-19(2)14-20(13-18)17-26(3)23(28)24(27-10-8-25-9-11-27)15-21-6-4-5-7-22(21)16-24/h4-7,12-14,25H,8-11,15-17H2,1-3H3. The van der Waals surface area contributed by atoms with Gasteiger partial charge in [0, 0.05) is 52.6 Å². The highest BCUT2D eigenvalue weighted by Crippen LogP contribution is 2.36. The van der Waals surface area contributed by atoms with E-state index in [-0.39, 0.29) is 5.91 Å². The van der Waals surface area contributed by atoms with E-state index in [1.54, 1.807) is 0 Å². The highest BCUT2D eigenvalue weighted by Gasteiger charge is 2.49. The Morgan fingerprint density at radius 2 is 1.61 bits per heavy atom. The van der Waals surface area contributed by atoms with Gasteiger partial charge in [-0.3, -0.25) is 9.69 Å². The van der Waals surface area contributed by atoms with Crippen LogP contribution in [-0.4, -0.2) is 54.5 Å². The summed E-state index contributed by atoms with van der Waals surface area (Å²) in [7, 11) is 1.97. The first-order valence-electron chi connectivity index (χ1n) is 10.3. The molecule has 0 aromatic heterocycles. The molecule has 2 aliphatic rings. The summed E-state index contributed by atoms with van der Waals surface area (Å²) in [6, 6.07) is 15.1. The fourth-order valence-electron chi connectivity index (χ4n) is 5.06. The van der Waals surface area contributed by atoms with Crippen molar-refractivity contribution in [3.05, 3.63) is 70.3 Å². The van der Waals surface area contributed by atoms with Gasteiger partial charge in [-0.25, -0.2) is 0 Å². The molecule has 0 unspecified atom stereocenters. The van der Waals surface area contributed by atoms with Crippen LogP contribution in [0.15, 0.2) is 42.5 Å². The van der Waals surface area contributed by atoms with Crippen molar-refractivity contribution in [3.8, 4) is 0 Å². The number of hydrogen-bond acceptors (Lipinski definition) is 3. The molecular weight excluding hydrogens is 346 g/mol. The van der Waals surface area contributed by atoms with Gasteiger partial charge in [0.15, 0.2) is 0 Å². The number of piperazine rings is 1. The summed E-state index contributed by atoms with van der Waals surface area (Å²) in [4.78, 5) is 18.3. The SMILES string of the molecule is Cc1cc(C)cc(CN(C)C(=O)C2(N3CCNCC3)Cc3ccccc3C2)c1. The molecule has 0 saturated carbocycles. The van der Waals surface area contributed by atoms with Crippen LogP contribution in [0, 0.1) is 13.8 Å². The van der Waals surface area contributed by atoms with Crippen molar-refractivity contribution in [1.82, 2.24) is 15.1 Å². The van der Waals surface area contributed by atoms with E-state index in [0.717, 1.165) is 39.0 Å². The highest BCUT2D eigenvalue weighted by atomic mass is 16.2. The Labute approximate surface area is 168 Å². The predicted octanol–water partition coefficient (Wildman–Crippen LogP) is 2.70. The molecule has 0 radical (unpaired) electrons. The van der Waals surface area contributed by atoms with Crippen molar-refractivity contribution in [1.29, 1.82) is 0 Å². The van der Waals surface area contributed by atoms with Crippen molar-refractivity contribution in [2.45, 2.75) is 38.8 Å². The molecule has 28 heavy (non-hydrogen) atoms. The summed E-state index contributed by atoms with van der Waals surface area (Å²) >= 11 is 0. The number of nitrogens with one attached hydrogen (secondary N) is 1. The highest BCUT2D eigenvalue weighted by molar-refractivity contribution is 5.88. The fraction of sp³-hybridized carbons (Fsp3) is 0.458. The van der Waals surface area contributed by atoms with Gasteiger partial charge in [-0.1, -0.05) is 53.6 Å². The van der Waals surface area contributed by atoms with Crippen LogP contribution in [0.3, 0.4) is 0 Å². The topological polar surface area (TPSA) is 35.6 Å². The Hall–Kier alpha value is -2.17. The molecule has 148 valence electrons. The summed E-state index contributed by atoms with van der Waals surface area (Å²) in [5, 5.41) is 3.43. The molecule has 1 fully saturated rings. The maximum Gasteiger partial charge on any atom is 0.243 e. The molecule has 1 aliphatic carbocycles. The molecular formula is C24H31N3O. The van der Waals surface area contributed by atoms with E-state index in [1.807, 2.05) is 11.9 Å². The molecule has 2 aromatic carbocycles. The summed E-state index contributed by atoms with van der Waals surface area (Å²) in [6.45, 7) is 8.65. The Morgan fingerprint density at radius 1 is 1.04 bits per heavy atom. The Bertz CT molecular complexity index is 825. The molecule has 0 spiro atoms. The molecule has 4 nitrogen and oxygen atoms in total. The first kappa shape index (κ1) is 19.2. The number of rotatable bonds is 4. The molecule has 1 heterocycles. The third-order valence-electron chi connectivity index (χ3n) is 6.25. The van der Waals surface area contributed by atoms with Crippen molar-refractivity contribution in [2.24, 2.45) is 0 Å². The van der Waals surface area contributed by atoms with Gasteiger partial charge in [0.2, 0.25) is 5.91 Å². The molecule has 0 atom stereocenters. The van der Waals surface area contributed by atoms with Crippen LogP contribution in [-0.2, 0) is 24.2 Å². The fourth-order valence-corrected chi connectivity index (χ4v) is 5.06. The van der Waals surface area contributed by atoms with E-state index in [0.29, 0.717) is 6.54 Å². The average Bonchev–Trinajstić information content (AvgIpc) is 3.08. The number of benzene rings is 2. The van der Waals surface area contributed by atoms with Crippen LogP contribution >= 0.6 is 0 Å². The van der Waals surface area contributed by atoms with Crippen molar-refractivity contribution >= 4 is 5.91 Å². The lowest BCUT2D eigenvalue weighted by molar-refractivity contribution is -0.144. The van der Waals surface area contributed by atoms with Gasteiger partial charge < -0.3 is 10.2 Å². The van der Waals surface area contributed by atoms with Gasteiger partial charge in [0.1, 0.15) is 5.54 Å². The zero-order chi connectivity index (χ0) is 19.7. The number of carbonyl (C=O) groups excluding carboxylic acids is 1. The predicted molar refractivity (Wildman–Crippen MR) is 113 cm³/mol. The lowest BCUT2D eigenvalue weighted by atomic mass is 9.90. The van der Waals surface area contributed by atoms with E-state index < -0.39 is 5.54 Å². The van der Waals surface area contributed by atoms with Crippen molar-refractivity contribution < 1.29 is 4.79 Å². The molecule has 4 rings (SSSR count). The van der Waals surface area contributed by atoms with E-state index >= 15 is 0 Å². The van der Waals surface area contributed by atoms with Gasteiger partial charge in [-0.15, -0.1) is 0 Å². The minimum atomic E-state index is -0.445. The maximum absolute atomic E-state index is 13.9. The third-order valence-corrected chi connectivity index (χ3v) is 6.25. The molecule has 2 aromatic rings. The largest absolute Gasteiger partial charge is 0.340 e. The average molecular weight is 378 g/mol. The van der Waals surface area contributed by atoms with Crippen LogP contribution in [0.2, 0.25) is 0 Å². The number of likely N-dealkylation sites (N-methyl/N-ethyl adjacent to an activating group) is 1. The zero-order valence-electron chi connectivity index (χ0n) is 17.3. The lowest BCUT2D eigenvalue weighted by Crippen LogP contribution is -2.63. The number of nitrogens with zero attached hydrogens (tertiary/aromatic N) is 2. The van der Waals surface area contributed by atoms with Crippen molar-refractivity contribution in [2.75, 3.05) is 33.2 Å². The second-order valence-electron chi connectivity index (χ2n) is 8.55. The molecule has 1 N–H and O–H groups in total. The Balaban J connectivity index is 1.62. The van der Waals surface area contributed by atoms with Crippen LogP contribution in [0.1, 0.15) is 27.8 Å². The van der Waals surface area contributed by atoms with Gasteiger partial charge >= 0.3 is 0 Å². The normalized spacial score (nSPS) is 18.7.